The van der Waals surface area contributed by atoms with Crippen LogP contribution < -0.4 is 5.73 Å². The maximum absolute atomic E-state index is 14.6. The van der Waals surface area contributed by atoms with Gasteiger partial charge in [-0.3, -0.25) is 14.8 Å². The van der Waals surface area contributed by atoms with E-state index in [1.807, 2.05) is 19.9 Å². The number of fused-ring (bicyclic) bond motifs is 1. The van der Waals surface area contributed by atoms with E-state index in [1.165, 1.54) is 6.07 Å². The molecule has 0 saturated heterocycles. The zero-order chi connectivity index (χ0) is 19.4. The van der Waals surface area contributed by atoms with Crippen molar-refractivity contribution in [2.45, 2.75) is 45.1 Å². The molecule has 2 heterocycles. The molecule has 4 nitrogen and oxygen atoms in total. The van der Waals surface area contributed by atoms with Gasteiger partial charge in [-0.2, -0.15) is 0 Å². The van der Waals surface area contributed by atoms with Crippen LogP contribution in [0, 0.1) is 17.7 Å². The van der Waals surface area contributed by atoms with E-state index < -0.39 is 5.54 Å². The van der Waals surface area contributed by atoms with Crippen molar-refractivity contribution in [3.8, 4) is 11.8 Å². The third-order valence-electron chi connectivity index (χ3n) is 4.66. The zero-order valence-corrected chi connectivity index (χ0v) is 15.6. The van der Waals surface area contributed by atoms with Gasteiger partial charge in [-0.1, -0.05) is 18.9 Å². The number of nitrogens with zero attached hydrogens (tertiary/aromatic N) is 2. The Balaban J connectivity index is 1.92. The summed E-state index contributed by atoms with van der Waals surface area (Å²) < 4.78 is 14.6. The number of rotatable bonds is 4. The Kier molecular flexibility index (Phi) is 5.36. The largest absolute Gasteiger partial charge is 0.383 e. The van der Waals surface area contributed by atoms with Gasteiger partial charge in [-0.05, 0) is 48.6 Å². The minimum absolute atomic E-state index is 0.150. The van der Waals surface area contributed by atoms with E-state index >= 15 is 0 Å². The Hall–Kier alpha value is -3.00. The quantitative estimate of drug-likeness (QED) is 0.669. The molecule has 27 heavy (non-hydrogen) atoms. The average Bonchev–Trinajstić information content (AvgIpc) is 2.63. The molecule has 0 fully saturated rings. The summed E-state index contributed by atoms with van der Waals surface area (Å²) in [6, 6.07) is 6.52. The highest BCUT2D eigenvalue weighted by molar-refractivity contribution is 6.00. The number of carbonyl (C=O) groups excluding carboxylic acids is 1. The summed E-state index contributed by atoms with van der Waals surface area (Å²) >= 11 is 0. The number of halogens is 1. The zero-order valence-electron chi connectivity index (χ0n) is 15.6. The predicted molar refractivity (Wildman–Crippen MR) is 104 cm³/mol. The summed E-state index contributed by atoms with van der Waals surface area (Å²) in [6.45, 7) is 3.86. The second-order valence-corrected chi connectivity index (χ2v) is 6.95. The van der Waals surface area contributed by atoms with Crippen molar-refractivity contribution in [2.24, 2.45) is 10.7 Å². The number of Topliss-reactive ketones (excluding diaryl/α,β-unsaturated/α-hetero) is 1. The molecule has 0 spiro atoms. The molecule has 0 saturated carbocycles. The van der Waals surface area contributed by atoms with Gasteiger partial charge < -0.3 is 5.73 Å². The number of hydrogen-bond acceptors (Lipinski definition) is 4. The average molecular weight is 363 g/mol. The number of carbonyl (C=O) groups is 1. The van der Waals surface area contributed by atoms with Crippen LogP contribution in [-0.2, 0) is 23.2 Å². The van der Waals surface area contributed by atoms with Gasteiger partial charge >= 0.3 is 0 Å². The Labute approximate surface area is 158 Å². The number of aromatic nitrogens is 1. The number of unbranched alkanes of at least 4 members (excludes halogenated alkanes) is 1. The maximum Gasteiger partial charge on any atom is 0.209 e. The van der Waals surface area contributed by atoms with E-state index in [1.54, 1.807) is 24.5 Å². The van der Waals surface area contributed by atoms with Crippen LogP contribution in [0.15, 0.2) is 41.7 Å². The first-order valence-electron chi connectivity index (χ1n) is 9.02. The number of ketones is 1. The second kappa shape index (κ2) is 7.71. The molecule has 0 bridgehead atoms. The van der Waals surface area contributed by atoms with Crippen LogP contribution in [0.4, 0.5) is 4.39 Å². The minimum atomic E-state index is -0.850. The van der Waals surface area contributed by atoms with Crippen LogP contribution >= 0.6 is 0 Å². The number of pyridine rings is 1. The topological polar surface area (TPSA) is 68.3 Å². The van der Waals surface area contributed by atoms with Crippen molar-refractivity contribution in [3.05, 3.63) is 64.7 Å². The first-order valence-corrected chi connectivity index (χ1v) is 9.02. The minimum Gasteiger partial charge on any atom is -0.383 e. The third kappa shape index (κ3) is 4.06. The van der Waals surface area contributed by atoms with Gasteiger partial charge in [0.1, 0.15) is 11.7 Å². The third-order valence-corrected chi connectivity index (χ3v) is 4.66. The summed E-state index contributed by atoms with van der Waals surface area (Å²) in [5.74, 6) is 5.31. The van der Waals surface area contributed by atoms with Gasteiger partial charge in [-0.15, -0.1) is 0 Å². The van der Waals surface area contributed by atoms with Crippen molar-refractivity contribution in [2.75, 3.05) is 0 Å². The van der Waals surface area contributed by atoms with E-state index in [9.17, 15) is 9.18 Å². The first-order chi connectivity index (χ1) is 12.9. The van der Waals surface area contributed by atoms with Gasteiger partial charge in [0.15, 0.2) is 0 Å². The maximum atomic E-state index is 14.6. The Morgan fingerprint density at radius 1 is 1.37 bits per heavy atom. The summed E-state index contributed by atoms with van der Waals surface area (Å²) in [7, 11) is 0. The second-order valence-electron chi connectivity index (χ2n) is 6.95. The molecule has 2 N–H and O–H groups in total. The van der Waals surface area contributed by atoms with Gasteiger partial charge in [-0.25, -0.2) is 4.39 Å². The molecule has 2 aromatic rings. The van der Waals surface area contributed by atoms with Gasteiger partial charge in [0, 0.05) is 42.8 Å². The molecule has 1 aromatic heterocycles. The molecule has 0 radical (unpaired) electrons. The van der Waals surface area contributed by atoms with Crippen LogP contribution in [0.25, 0.3) is 0 Å². The highest BCUT2D eigenvalue weighted by Crippen LogP contribution is 2.36. The Morgan fingerprint density at radius 2 is 2.19 bits per heavy atom. The van der Waals surface area contributed by atoms with E-state index in [-0.39, 0.29) is 18.0 Å². The molecule has 1 aromatic carbocycles. The fourth-order valence-corrected chi connectivity index (χ4v) is 3.32. The highest BCUT2D eigenvalue weighted by Gasteiger charge is 2.34. The molecule has 1 unspecified atom stereocenters. The summed E-state index contributed by atoms with van der Waals surface area (Å²) in [4.78, 5) is 20.8. The molecule has 5 heteroatoms. The predicted octanol–water partition coefficient (Wildman–Crippen LogP) is 3.31. The van der Waals surface area contributed by atoms with E-state index in [0.717, 1.165) is 17.5 Å². The molecular weight excluding hydrogens is 341 g/mol. The fourth-order valence-electron chi connectivity index (χ4n) is 3.32. The lowest BCUT2D eigenvalue weighted by atomic mass is 9.81. The van der Waals surface area contributed by atoms with Crippen molar-refractivity contribution in [1.29, 1.82) is 0 Å². The number of hydrogen-bond donors (Lipinski definition) is 1. The fraction of sp³-hybridized carbons (Fsp3) is 0.318. The van der Waals surface area contributed by atoms with Gasteiger partial charge in [0.05, 0.1) is 5.54 Å². The normalized spacial score (nSPS) is 18.1. The highest BCUT2D eigenvalue weighted by atomic mass is 19.1. The number of aliphatic imine (C=N–C) groups is 1. The molecule has 1 aliphatic heterocycles. The smallest absolute Gasteiger partial charge is 0.209 e. The number of amidine groups is 1. The summed E-state index contributed by atoms with van der Waals surface area (Å²) in [5, 5.41) is 0. The molecular formula is C22H22FN3O. The van der Waals surface area contributed by atoms with Gasteiger partial charge in [0.2, 0.25) is 5.78 Å². The SMILES string of the molecule is CCCC#CC(=O)Cc1ccc(F)c(C2(C)Cc3cnccc3C(N)=N2)c1. The van der Waals surface area contributed by atoms with Crippen LogP contribution in [-0.4, -0.2) is 16.6 Å². The standard InChI is InChI=1S/C22H22FN3O/c1-3-4-5-6-17(27)11-15-7-8-20(23)19(12-15)22(2)13-16-14-25-10-9-18(16)21(24)26-22/h7-10,12,14H,3-4,11,13H2,1-2H3,(H2,24,26). The number of benzene rings is 1. The van der Waals surface area contributed by atoms with Crippen molar-refractivity contribution >= 4 is 11.6 Å². The lowest BCUT2D eigenvalue weighted by Crippen LogP contribution is -2.34. The summed E-state index contributed by atoms with van der Waals surface area (Å²) in [6.07, 6.45) is 5.65. The lowest BCUT2D eigenvalue weighted by molar-refractivity contribution is -0.113. The molecule has 1 atom stereocenters. The number of nitrogens with two attached hydrogens (primary N) is 1. The van der Waals surface area contributed by atoms with Gasteiger partial charge in [0.25, 0.3) is 0 Å². The monoisotopic (exact) mass is 363 g/mol. The Bertz CT molecular complexity index is 971. The molecule has 0 amide bonds. The van der Waals surface area contributed by atoms with Crippen LogP contribution in [0.2, 0.25) is 0 Å². The molecule has 0 aliphatic carbocycles. The summed E-state index contributed by atoms with van der Waals surface area (Å²) in [5.41, 5.74) is 8.18. The first kappa shape index (κ1) is 18.8. The van der Waals surface area contributed by atoms with Crippen LogP contribution in [0.5, 0.6) is 0 Å². The van der Waals surface area contributed by atoms with Crippen LogP contribution in [0.3, 0.4) is 0 Å². The van der Waals surface area contributed by atoms with E-state index in [0.29, 0.717) is 29.8 Å². The van der Waals surface area contributed by atoms with Crippen molar-refractivity contribution < 1.29 is 9.18 Å². The van der Waals surface area contributed by atoms with E-state index in [4.69, 9.17) is 5.73 Å². The van der Waals surface area contributed by atoms with Crippen LogP contribution in [0.1, 0.15) is 48.9 Å². The molecule has 1 aliphatic rings. The van der Waals surface area contributed by atoms with E-state index in [2.05, 4.69) is 21.8 Å². The Morgan fingerprint density at radius 3 is 2.96 bits per heavy atom. The van der Waals surface area contributed by atoms with Crippen molar-refractivity contribution in [1.82, 2.24) is 4.98 Å². The van der Waals surface area contributed by atoms with Crippen molar-refractivity contribution in [3.63, 3.8) is 0 Å². The molecule has 138 valence electrons. The lowest BCUT2D eigenvalue weighted by Gasteiger charge is -2.32. The molecule has 3 rings (SSSR count).